The highest BCUT2D eigenvalue weighted by Gasteiger charge is 2.20. The van der Waals surface area contributed by atoms with Crippen molar-refractivity contribution in [1.82, 2.24) is 10.6 Å². The van der Waals surface area contributed by atoms with Crippen LogP contribution in [-0.4, -0.2) is 24.5 Å². The molecule has 2 unspecified atom stereocenters. The van der Waals surface area contributed by atoms with E-state index in [4.69, 9.17) is 4.42 Å². The minimum Gasteiger partial charge on any atom is -0.464 e. The summed E-state index contributed by atoms with van der Waals surface area (Å²) in [5.74, 6) is 0.0834. The summed E-state index contributed by atoms with van der Waals surface area (Å²) >= 11 is 0. The number of fused-ring (bicyclic) bond motifs is 1. The van der Waals surface area contributed by atoms with E-state index < -0.39 is 0 Å². The Kier molecular flexibility index (Phi) is 4.21. The summed E-state index contributed by atoms with van der Waals surface area (Å²) < 4.78 is 5.68. The molecule has 1 saturated heterocycles. The van der Waals surface area contributed by atoms with Crippen LogP contribution in [0, 0.1) is 13.8 Å². The van der Waals surface area contributed by atoms with Gasteiger partial charge in [-0.15, -0.1) is 0 Å². The average molecular weight is 300 g/mol. The Labute approximate surface area is 131 Å². The first-order valence-electron chi connectivity index (χ1n) is 8.03. The van der Waals surface area contributed by atoms with Crippen molar-refractivity contribution >= 4 is 16.9 Å². The predicted octanol–water partition coefficient (Wildman–Crippen LogP) is 2.85. The van der Waals surface area contributed by atoms with Gasteiger partial charge in [0.05, 0.1) is 12.7 Å². The number of amides is 1. The maximum Gasteiger partial charge on any atom is 0.224 e. The maximum absolute atomic E-state index is 12.3. The minimum atomic E-state index is 0.0834. The fourth-order valence-electron chi connectivity index (χ4n) is 3.24. The van der Waals surface area contributed by atoms with Crippen LogP contribution in [0.15, 0.2) is 22.8 Å². The van der Waals surface area contributed by atoms with Crippen molar-refractivity contribution < 1.29 is 9.21 Å². The molecule has 0 radical (unpaired) electrons. The zero-order chi connectivity index (χ0) is 15.7. The number of rotatable bonds is 3. The zero-order valence-electron chi connectivity index (χ0n) is 13.5. The monoisotopic (exact) mass is 300 g/mol. The van der Waals surface area contributed by atoms with E-state index in [1.807, 2.05) is 0 Å². The summed E-state index contributed by atoms with van der Waals surface area (Å²) in [7, 11) is 0. The Balaban J connectivity index is 1.70. The summed E-state index contributed by atoms with van der Waals surface area (Å²) in [6, 6.07) is 4.89. The lowest BCUT2D eigenvalue weighted by molar-refractivity contribution is -0.121. The van der Waals surface area contributed by atoms with Gasteiger partial charge in [0.2, 0.25) is 5.91 Å². The molecule has 0 saturated carbocycles. The largest absolute Gasteiger partial charge is 0.464 e. The molecule has 3 rings (SSSR count). The van der Waals surface area contributed by atoms with E-state index in [9.17, 15) is 4.79 Å². The molecule has 2 atom stereocenters. The van der Waals surface area contributed by atoms with Crippen molar-refractivity contribution in [2.45, 2.75) is 52.1 Å². The third-order valence-corrected chi connectivity index (χ3v) is 4.68. The third kappa shape index (κ3) is 3.02. The van der Waals surface area contributed by atoms with E-state index >= 15 is 0 Å². The molecule has 4 heteroatoms. The Morgan fingerprint density at radius 1 is 1.41 bits per heavy atom. The van der Waals surface area contributed by atoms with Crippen LogP contribution >= 0.6 is 0 Å². The third-order valence-electron chi connectivity index (χ3n) is 4.68. The highest BCUT2D eigenvalue weighted by atomic mass is 16.3. The Morgan fingerprint density at radius 2 is 2.23 bits per heavy atom. The fourth-order valence-corrected chi connectivity index (χ4v) is 3.24. The quantitative estimate of drug-likeness (QED) is 0.916. The van der Waals surface area contributed by atoms with Crippen LogP contribution in [-0.2, 0) is 11.2 Å². The van der Waals surface area contributed by atoms with E-state index in [-0.39, 0.29) is 11.9 Å². The van der Waals surface area contributed by atoms with E-state index in [0.29, 0.717) is 12.5 Å². The molecular formula is C18H24N2O2. The summed E-state index contributed by atoms with van der Waals surface area (Å²) in [4.78, 5) is 12.3. The SMILES string of the molecule is Cc1ccc2c(CC(=O)NC3CCNC(C)C3)coc2c1C. The van der Waals surface area contributed by atoms with Crippen LogP contribution in [0.3, 0.4) is 0 Å². The number of furan rings is 1. The van der Waals surface area contributed by atoms with Gasteiger partial charge in [-0.1, -0.05) is 12.1 Å². The number of aryl methyl sites for hydroxylation is 2. The van der Waals surface area contributed by atoms with E-state index in [1.165, 1.54) is 5.56 Å². The molecule has 1 aliphatic rings. The average Bonchev–Trinajstić information content (AvgIpc) is 2.86. The van der Waals surface area contributed by atoms with Crippen molar-refractivity contribution in [1.29, 1.82) is 0 Å². The van der Waals surface area contributed by atoms with Crippen LogP contribution in [0.1, 0.15) is 36.5 Å². The number of benzene rings is 1. The van der Waals surface area contributed by atoms with Gasteiger partial charge in [0, 0.05) is 23.0 Å². The first-order chi connectivity index (χ1) is 10.5. The van der Waals surface area contributed by atoms with Gasteiger partial charge in [-0.3, -0.25) is 4.79 Å². The second kappa shape index (κ2) is 6.13. The minimum absolute atomic E-state index is 0.0834. The molecule has 1 aromatic heterocycles. The van der Waals surface area contributed by atoms with Gasteiger partial charge >= 0.3 is 0 Å². The maximum atomic E-state index is 12.3. The van der Waals surface area contributed by atoms with Crippen molar-refractivity contribution in [3.63, 3.8) is 0 Å². The van der Waals surface area contributed by atoms with Crippen LogP contribution in [0.2, 0.25) is 0 Å². The summed E-state index contributed by atoms with van der Waals surface area (Å²) in [6.45, 7) is 7.26. The molecule has 118 valence electrons. The van der Waals surface area contributed by atoms with E-state index in [1.54, 1.807) is 6.26 Å². The Morgan fingerprint density at radius 3 is 3.00 bits per heavy atom. The summed E-state index contributed by atoms with van der Waals surface area (Å²) in [5, 5.41) is 7.61. The molecular weight excluding hydrogens is 276 g/mol. The Bertz CT molecular complexity index is 690. The second-order valence-corrected chi connectivity index (χ2v) is 6.47. The molecule has 2 N–H and O–H groups in total. The molecule has 0 spiro atoms. The van der Waals surface area contributed by atoms with Crippen molar-refractivity contribution in [3.8, 4) is 0 Å². The molecule has 0 aliphatic carbocycles. The summed E-state index contributed by atoms with van der Waals surface area (Å²) in [5.41, 5.74) is 4.23. The number of nitrogens with one attached hydrogen (secondary N) is 2. The molecule has 2 heterocycles. The van der Waals surface area contributed by atoms with E-state index in [0.717, 1.165) is 41.5 Å². The molecule has 1 aliphatic heterocycles. The first kappa shape index (κ1) is 15.1. The molecule has 1 amide bonds. The van der Waals surface area contributed by atoms with Crippen molar-refractivity contribution in [2.24, 2.45) is 0 Å². The van der Waals surface area contributed by atoms with Crippen LogP contribution in [0.5, 0.6) is 0 Å². The van der Waals surface area contributed by atoms with Crippen LogP contribution in [0.4, 0.5) is 0 Å². The molecule has 2 aromatic rings. The van der Waals surface area contributed by atoms with E-state index in [2.05, 4.69) is 43.5 Å². The lowest BCUT2D eigenvalue weighted by atomic mass is 10.00. The van der Waals surface area contributed by atoms with Gasteiger partial charge in [-0.25, -0.2) is 0 Å². The topological polar surface area (TPSA) is 54.3 Å². The van der Waals surface area contributed by atoms with Gasteiger partial charge in [0.15, 0.2) is 0 Å². The second-order valence-electron chi connectivity index (χ2n) is 6.47. The highest BCUT2D eigenvalue weighted by Crippen LogP contribution is 2.26. The standard InChI is InChI=1S/C18H24N2O2/c1-11-4-5-16-14(10-22-18(16)13(11)3)9-17(21)20-15-6-7-19-12(2)8-15/h4-5,10,12,15,19H,6-9H2,1-3H3,(H,20,21). The van der Waals surface area contributed by atoms with Gasteiger partial charge in [-0.05, 0) is 51.3 Å². The number of carbonyl (C=O) groups is 1. The van der Waals surface area contributed by atoms with Crippen molar-refractivity contribution in [2.75, 3.05) is 6.54 Å². The lowest BCUT2D eigenvalue weighted by Gasteiger charge is -2.28. The number of hydrogen-bond donors (Lipinski definition) is 2. The number of hydrogen-bond acceptors (Lipinski definition) is 3. The molecule has 0 bridgehead atoms. The zero-order valence-corrected chi connectivity index (χ0v) is 13.5. The van der Waals surface area contributed by atoms with Crippen LogP contribution in [0.25, 0.3) is 11.0 Å². The fraction of sp³-hybridized carbons (Fsp3) is 0.500. The van der Waals surface area contributed by atoms with Crippen LogP contribution < -0.4 is 10.6 Å². The van der Waals surface area contributed by atoms with Gasteiger partial charge in [-0.2, -0.15) is 0 Å². The van der Waals surface area contributed by atoms with Gasteiger partial charge in [0.25, 0.3) is 0 Å². The Hall–Kier alpha value is -1.81. The molecule has 22 heavy (non-hydrogen) atoms. The first-order valence-corrected chi connectivity index (χ1v) is 8.03. The summed E-state index contributed by atoms with van der Waals surface area (Å²) in [6.07, 6.45) is 4.10. The highest BCUT2D eigenvalue weighted by molar-refractivity contribution is 5.89. The van der Waals surface area contributed by atoms with Gasteiger partial charge < -0.3 is 15.1 Å². The number of piperidine rings is 1. The normalized spacial score (nSPS) is 22.0. The number of carbonyl (C=O) groups excluding carboxylic acids is 1. The smallest absolute Gasteiger partial charge is 0.224 e. The lowest BCUT2D eigenvalue weighted by Crippen LogP contribution is -2.46. The molecule has 1 aromatic carbocycles. The molecule has 1 fully saturated rings. The predicted molar refractivity (Wildman–Crippen MR) is 88.0 cm³/mol. The molecule has 4 nitrogen and oxygen atoms in total. The van der Waals surface area contributed by atoms with Crippen molar-refractivity contribution in [3.05, 3.63) is 35.1 Å². The van der Waals surface area contributed by atoms with Gasteiger partial charge in [0.1, 0.15) is 5.58 Å².